The van der Waals surface area contributed by atoms with Crippen molar-refractivity contribution in [3.8, 4) is 5.75 Å². The summed E-state index contributed by atoms with van der Waals surface area (Å²) in [4.78, 5) is 1.43. The van der Waals surface area contributed by atoms with Crippen molar-refractivity contribution in [3.05, 3.63) is 50.1 Å². The highest BCUT2D eigenvalue weighted by Crippen LogP contribution is 2.42. The first-order valence-corrected chi connectivity index (χ1v) is 8.32. The summed E-state index contributed by atoms with van der Waals surface area (Å²) in [6.07, 6.45) is 0. The van der Waals surface area contributed by atoms with E-state index in [2.05, 4.69) is 62.4 Å². The van der Waals surface area contributed by atoms with Gasteiger partial charge in [0.1, 0.15) is 5.75 Å². The molecule has 1 unspecified atom stereocenters. The summed E-state index contributed by atoms with van der Waals surface area (Å²) in [5, 5.41) is 2.09. The fourth-order valence-corrected chi connectivity index (χ4v) is 4.61. The molecule has 0 saturated heterocycles. The molecule has 0 fully saturated rings. The minimum Gasteiger partial charge on any atom is -0.494 e. The van der Waals surface area contributed by atoms with Gasteiger partial charge in [0.15, 0.2) is 0 Å². The summed E-state index contributed by atoms with van der Waals surface area (Å²) in [6.45, 7) is 4.79. The van der Waals surface area contributed by atoms with E-state index in [1.807, 2.05) is 13.0 Å². The Balaban J connectivity index is 2.43. The average Bonchev–Trinajstić information content (AvgIpc) is 2.77. The zero-order valence-electron chi connectivity index (χ0n) is 10.2. The quantitative estimate of drug-likeness (QED) is 0.609. The van der Waals surface area contributed by atoms with E-state index in [-0.39, 0.29) is 4.83 Å². The van der Waals surface area contributed by atoms with Gasteiger partial charge in [-0.1, -0.05) is 33.6 Å². The maximum atomic E-state index is 5.71. The summed E-state index contributed by atoms with van der Waals surface area (Å²) in [5.74, 6) is 0.949. The third kappa shape index (κ3) is 2.98. The topological polar surface area (TPSA) is 9.23 Å². The van der Waals surface area contributed by atoms with E-state index in [0.717, 1.165) is 10.2 Å². The fraction of sp³-hybridized carbons (Fsp3) is 0.286. The molecule has 2 aromatic rings. The molecule has 0 aliphatic rings. The molecule has 1 nitrogen and oxygen atoms in total. The Morgan fingerprint density at radius 2 is 2.11 bits per heavy atom. The van der Waals surface area contributed by atoms with Crippen LogP contribution in [-0.2, 0) is 0 Å². The molecule has 0 N–H and O–H groups in total. The number of aryl methyl sites for hydroxylation is 1. The third-order valence-corrected chi connectivity index (χ3v) is 5.80. The largest absolute Gasteiger partial charge is 0.494 e. The van der Waals surface area contributed by atoms with E-state index in [4.69, 9.17) is 4.74 Å². The number of thiophene rings is 1. The molecule has 0 saturated carbocycles. The fourth-order valence-electron chi connectivity index (χ4n) is 1.78. The van der Waals surface area contributed by atoms with E-state index < -0.39 is 0 Å². The van der Waals surface area contributed by atoms with Crippen LogP contribution in [-0.4, -0.2) is 6.61 Å². The maximum Gasteiger partial charge on any atom is 0.123 e. The molecule has 1 aromatic heterocycles. The summed E-state index contributed by atoms with van der Waals surface area (Å²) in [7, 11) is 0. The van der Waals surface area contributed by atoms with Crippen LogP contribution in [0.4, 0.5) is 0 Å². The highest BCUT2D eigenvalue weighted by atomic mass is 79.9. The van der Waals surface area contributed by atoms with E-state index in [9.17, 15) is 0 Å². The van der Waals surface area contributed by atoms with Gasteiger partial charge in [-0.05, 0) is 47.3 Å². The standard InChI is InChI=1S/C14H14Br2OS/c1-3-17-12-5-4-9(2)8-10(12)13(16)14-11(15)6-7-18-14/h4-8,13H,3H2,1-2H3. The van der Waals surface area contributed by atoms with Crippen LogP contribution < -0.4 is 4.74 Å². The van der Waals surface area contributed by atoms with Gasteiger partial charge in [0, 0.05) is 14.9 Å². The molecule has 96 valence electrons. The van der Waals surface area contributed by atoms with Crippen LogP contribution in [0.25, 0.3) is 0 Å². The minimum atomic E-state index is 0.160. The molecule has 1 aromatic carbocycles. The molecule has 2 rings (SSSR count). The first-order valence-electron chi connectivity index (χ1n) is 5.73. The Morgan fingerprint density at radius 1 is 1.33 bits per heavy atom. The van der Waals surface area contributed by atoms with Crippen molar-refractivity contribution in [2.45, 2.75) is 18.7 Å². The highest BCUT2D eigenvalue weighted by Gasteiger charge is 2.19. The predicted molar refractivity (Wildman–Crippen MR) is 85.1 cm³/mol. The second kappa shape index (κ2) is 6.22. The van der Waals surface area contributed by atoms with Crippen LogP contribution in [0.1, 0.15) is 27.8 Å². The Morgan fingerprint density at radius 3 is 2.72 bits per heavy atom. The van der Waals surface area contributed by atoms with E-state index in [0.29, 0.717) is 6.61 Å². The Hall–Kier alpha value is -0.320. The van der Waals surface area contributed by atoms with Crippen LogP contribution >= 0.6 is 43.2 Å². The van der Waals surface area contributed by atoms with Gasteiger partial charge in [-0.25, -0.2) is 0 Å². The Kier molecular flexibility index (Phi) is 4.87. The Bertz CT molecular complexity index is 536. The van der Waals surface area contributed by atoms with Gasteiger partial charge in [0.25, 0.3) is 0 Å². The van der Waals surface area contributed by atoms with E-state index in [1.54, 1.807) is 11.3 Å². The molecule has 0 amide bonds. The lowest BCUT2D eigenvalue weighted by molar-refractivity contribution is 0.337. The van der Waals surface area contributed by atoms with Crippen molar-refractivity contribution < 1.29 is 4.74 Å². The summed E-state index contributed by atoms with van der Waals surface area (Å²) >= 11 is 9.10. The van der Waals surface area contributed by atoms with Gasteiger partial charge in [0.05, 0.1) is 11.4 Å². The lowest BCUT2D eigenvalue weighted by Gasteiger charge is -2.15. The number of halogens is 2. The SMILES string of the molecule is CCOc1ccc(C)cc1C(Br)c1sccc1Br. The number of benzene rings is 1. The van der Waals surface area contributed by atoms with Crippen LogP contribution in [0.2, 0.25) is 0 Å². The van der Waals surface area contributed by atoms with Gasteiger partial charge in [0.2, 0.25) is 0 Å². The van der Waals surface area contributed by atoms with Crippen LogP contribution in [0, 0.1) is 6.92 Å². The van der Waals surface area contributed by atoms with Gasteiger partial charge in [-0.2, -0.15) is 0 Å². The van der Waals surface area contributed by atoms with Gasteiger partial charge in [-0.3, -0.25) is 0 Å². The molecule has 1 atom stereocenters. The van der Waals surface area contributed by atoms with Crippen molar-refractivity contribution in [2.75, 3.05) is 6.61 Å². The number of hydrogen-bond donors (Lipinski definition) is 0. The summed E-state index contributed by atoms with van der Waals surface area (Å²) in [5.41, 5.74) is 2.42. The molecule has 0 radical (unpaired) electrons. The van der Waals surface area contributed by atoms with Crippen molar-refractivity contribution >= 4 is 43.2 Å². The predicted octanol–water partition coefficient (Wildman–Crippen LogP) is 5.70. The average molecular weight is 390 g/mol. The molecule has 0 aliphatic carbocycles. The normalized spacial score (nSPS) is 12.4. The number of rotatable bonds is 4. The highest BCUT2D eigenvalue weighted by molar-refractivity contribution is 9.11. The van der Waals surface area contributed by atoms with E-state index >= 15 is 0 Å². The van der Waals surface area contributed by atoms with Crippen molar-refractivity contribution in [1.29, 1.82) is 0 Å². The molecule has 1 heterocycles. The molecule has 18 heavy (non-hydrogen) atoms. The molecule has 4 heteroatoms. The lowest BCUT2D eigenvalue weighted by atomic mass is 10.1. The second-order valence-electron chi connectivity index (χ2n) is 3.97. The minimum absolute atomic E-state index is 0.160. The van der Waals surface area contributed by atoms with Crippen LogP contribution in [0.5, 0.6) is 5.75 Å². The van der Waals surface area contributed by atoms with Crippen LogP contribution in [0.15, 0.2) is 34.1 Å². The van der Waals surface area contributed by atoms with Crippen LogP contribution in [0.3, 0.4) is 0 Å². The van der Waals surface area contributed by atoms with Crippen molar-refractivity contribution in [2.24, 2.45) is 0 Å². The molecule has 0 spiro atoms. The molecule has 0 bridgehead atoms. The first kappa shape index (κ1) is 14.1. The molecule has 0 aliphatic heterocycles. The second-order valence-corrected chi connectivity index (χ2v) is 6.69. The number of hydrogen-bond acceptors (Lipinski definition) is 2. The summed E-state index contributed by atoms with van der Waals surface area (Å²) < 4.78 is 6.85. The van der Waals surface area contributed by atoms with E-state index in [1.165, 1.54) is 16.0 Å². The number of alkyl halides is 1. The van der Waals surface area contributed by atoms with Crippen molar-refractivity contribution in [3.63, 3.8) is 0 Å². The zero-order chi connectivity index (χ0) is 13.1. The van der Waals surface area contributed by atoms with Gasteiger partial charge < -0.3 is 4.74 Å². The zero-order valence-corrected chi connectivity index (χ0v) is 14.2. The van der Waals surface area contributed by atoms with Crippen molar-refractivity contribution in [1.82, 2.24) is 0 Å². The monoisotopic (exact) mass is 388 g/mol. The molecular weight excluding hydrogens is 376 g/mol. The smallest absolute Gasteiger partial charge is 0.123 e. The van der Waals surface area contributed by atoms with Gasteiger partial charge >= 0.3 is 0 Å². The van der Waals surface area contributed by atoms with Gasteiger partial charge in [-0.15, -0.1) is 11.3 Å². The lowest BCUT2D eigenvalue weighted by Crippen LogP contribution is -1.99. The Labute approximate surface area is 128 Å². The molecular formula is C14H14Br2OS. The first-order chi connectivity index (χ1) is 8.63. The third-order valence-electron chi connectivity index (χ3n) is 2.61. The number of ether oxygens (including phenoxy) is 1. The summed E-state index contributed by atoms with van der Waals surface area (Å²) in [6, 6.07) is 8.38. The maximum absolute atomic E-state index is 5.71.